The molecule has 0 aliphatic carbocycles. The molecule has 108 valence electrons. The summed E-state index contributed by atoms with van der Waals surface area (Å²) in [6, 6.07) is 0.566. The summed E-state index contributed by atoms with van der Waals surface area (Å²) in [6.45, 7) is 10.4. The predicted molar refractivity (Wildman–Crippen MR) is 81.8 cm³/mol. The van der Waals surface area contributed by atoms with E-state index in [9.17, 15) is 0 Å². The number of nitrogens with zero attached hydrogens (tertiary/aromatic N) is 3. The maximum atomic E-state index is 4.72. The minimum Gasteiger partial charge on any atom is -0.351 e. The Hall–Kier alpha value is -1.16. The Bertz CT molecular complexity index is 365. The van der Waals surface area contributed by atoms with Crippen molar-refractivity contribution >= 4 is 5.82 Å². The van der Waals surface area contributed by atoms with Gasteiger partial charge in [-0.25, -0.2) is 4.98 Å². The van der Waals surface area contributed by atoms with Gasteiger partial charge in [-0.2, -0.15) is 0 Å². The molecule has 1 fully saturated rings. The smallest absolute Gasteiger partial charge is 0.147 e. The highest BCUT2D eigenvalue weighted by molar-refractivity contribution is 5.39. The monoisotopic (exact) mass is 264 g/mol. The van der Waals surface area contributed by atoms with E-state index >= 15 is 0 Å². The van der Waals surface area contributed by atoms with Gasteiger partial charge in [0.2, 0.25) is 0 Å². The molecular formula is C15H28N4. The number of nitrogens with one attached hydrogen (secondary N) is 1. The number of aromatic nitrogens is 2. The van der Waals surface area contributed by atoms with Crippen molar-refractivity contribution in [3.8, 4) is 0 Å². The molecule has 1 aliphatic heterocycles. The highest BCUT2D eigenvalue weighted by Gasteiger charge is 2.25. The lowest BCUT2D eigenvalue weighted by Crippen LogP contribution is -2.37. The Labute approximate surface area is 117 Å². The summed E-state index contributed by atoms with van der Waals surface area (Å²) in [5, 5.41) is 3.26. The Kier molecular flexibility index (Phi) is 6.78. The third-order valence-corrected chi connectivity index (χ3v) is 3.34. The molecular weight excluding hydrogens is 236 g/mol. The molecule has 0 aromatic carbocycles. The van der Waals surface area contributed by atoms with Crippen molar-refractivity contribution in [1.29, 1.82) is 0 Å². The van der Waals surface area contributed by atoms with Crippen molar-refractivity contribution < 1.29 is 0 Å². The molecule has 0 amide bonds. The lowest BCUT2D eigenvalue weighted by atomic mass is 10.1. The average molecular weight is 264 g/mol. The molecule has 1 atom stereocenters. The third-order valence-electron chi connectivity index (χ3n) is 3.34. The van der Waals surface area contributed by atoms with Gasteiger partial charge in [-0.1, -0.05) is 27.7 Å². The maximum absolute atomic E-state index is 4.72. The first-order valence-corrected chi connectivity index (χ1v) is 7.45. The number of hydrogen-bond acceptors (Lipinski definition) is 4. The Morgan fingerprint density at radius 2 is 2.11 bits per heavy atom. The first-order valence-electron chi connectivity index (χ1n) is 7.45. The minimum absolute atomic E-state index is 0.438. The fraction of sp³-hybridized carbons (Fsp3) is 0.733. The van der Waals surface area contributed by atoms with Crippen molar-refractivity contribution in [3.63, 3.8) is 0 Å². The quantitative estimate of drug-likeness (QED) is 0.908. The summed E-state index contributed by atoms with van der Waals surface area (Å²) in [6.07, 6.45) is 6.26. The predicted octanol–water partition coefficient (Wildman–Crippen LogP) is 2.81. The Morgan fingerprint density at radius 1 is 1.37 bits per heavy atom. The molecule has 1 aromatic rings. The van der Waals surface area contributed by atoms with Crippen molar-refractivity contribution in [1.82, 2.24) is 15.3 Å². The van der Waals surface area contributed by atoms with Crippen LogP contribution in [0.4, 0.5) is 5.82 Å². The summed E-state index contributed by atoms with van der Waals surface area (Å²) < 4.78 is 0. The molecule has 2 heterocycles. The summed E-state index contributed by atoms with van der Waals surface area (Å²) in [5.41, 5.74) is 1.08. The molecule has 2 rings (SSSR count). The van der Waals surface area contributed by atoms with Crippen LogP contribution in [0.1, 0.15) is 52.1 Å². The summed E-state index contributed by atoms with van der Waals surface area (Å²) in [7, 11) is 2.01. The summed E-state index contributed by atoms with van der Waals surface area (Å²) in [5.74, 6) is 1.47. The molecule has 0 saturated carbocycles. The van der Waals surface area contributed by atoms with Crippen LogP contribution in [0.15, 0.2) is 12.4 Å². The molecule has 1 unspecified atom stereocenters. The minimum atomic E-state index is 0.438. The Morgan fingerprint density at radius 3 is 2.74 bits per heavy atom. The van der Waals surface area contributed by atoms with Crippen molar-refractivity contribution in [3.05, 3.63) is 18.1 Å². The van der Waals surface area contributed by atoms with Gasteiger partial charge in [-0.05, 0) is 25.8 Å². The highest BCUT2D eigenvalue weighted by atomic mass is 15.2. The zero-order chi connectivity index (χ0) is 14.3. The molecule has 4 heteroatoms. The van der Waals surface area contributed by atoms with Crippen molar-refractivity contribution in [2.24, 2.45) is 0 Å². The molecule has 0 radical (unpaired) electrons. The normalized spacial score (nSPS) is 18.4. The Balaban J connectivity index is 0.000000861. The van der Waals surface area contributed by atoms with Crippen LogP contribution in [0.5, 0.6) is 0 Å². The van der Waals surface area contributed by atoms with Gasteiger partial charge in [-0.15, -0.1) is 0 Å². The van der Waals surface area contributed by atoms with E-state index in [0.717, 1.165) is 24.6 Å². The van der Waals surface area contributed by atoms with Crippen LogP contribution in [-0.4, -0.2) is 36.1 Å². The van der Waals surface area contributed by atoms with Crippen molar-refractivity contribution in [2.45, 2.75) is 52.5 Å². The fourth-order valence-electron chi connectivity index (χ4n) is 2.37. The van der Waals surface area contributed by atoms with Crippen LogP contribution >= 0.6 is 0 Å². The van der Waals surface area contributed by atoms with Crippen LogP contribution in [0.25, 0.3) is 0 Å². The van der Waals surface area contributed by atoms with Crippen LogP contribution in [0.2, 0.25) is 0 Å². The van der Waals surface area contributed by atoms with Crippen molar-refractivity contribution in [2.75, 3.05) is 25.0 Å². The molecule has 1 N–H and O–H groups in total. The second kappa shape index (κ2) is 8.10. The summed E-state index contributed by atoms with van der Waals surface area (Å²) >= 11 is 0. The van der Waals surface area contributed by atoms with Crippen LogP contribution < -0.4 is 10.2 Å². The van der Waals surface area contributed by atoms with E-state index in [1.165, 1.54) is 12.8 Å². The van der Waals surface area contributed by atoms with Gasteiger partial charge in [0.15, 0.2) is 0 Å². The molecule has 0 bridgehead atoms. The highest BCUT2D eigenvalue weighted by Crippen LogP contribution is 2.24. The maximum Gasteiger partial charge on any atom is 0.147 e. The zero-order valence-corrected chi connectivity index (χ0v) is 13.0. The standard InChI is InChI=1S/C13H22N4.C2H6/c1-10(2)12-8-15-9-13(16-12)17-6-4-5-11(17)7-14-3;1-2/h8-11,14H,4-7H2,1-3H3;1-2H3. The van der Waals surface area contributed by atoms with E-state index in [0.29, 0.717) is 12.0 Å². The van der Waals surface area contributed by atoms with E-state index in [1.807, 2.05) is 33.3 Å². The van der Waals surface area contributed by atoms with Crippen LogP contribution in [0, 0.1) is 0 Å². The third kappa shape index (κ3) is 4.16. The average Bonchev–Trinajstić information content (AvgIpc) is 2.90. The second-order valence-electron chi connectivity index (χ2n) is 5.00. The van der Waals surface area contributed by atoms with Crippen LogP contribution in [-0.2, 0) is 0 Å². The van der Waals surface area contributed by atoms with E-state index in [1.54, 1.807) is 0 Å². The van der Waals surface area contributed by atoms with Gasteiger partial charge >= 0.3 is 0 Å². The molecule has 0 spiro atoms. The SMILES string of the molecule is CC.CNCC1CCCN1c1cncc(C(C)C)n1. The topological polar surface area (TPSA) is 41.0 Å². The van der Waals surface area contributed by atoms with Crippen LogP contribution in [0.3, 0.4) is 0 Å². The van der Waals surface area contributed by atoms with Gasteiger partial charge in [0, 0.05) is 25.3 Å². The first-order chi connectivity index (χ1) is 9.22. The second-order valence-corrected chi connectivity index (χ2v) is 5.00. The number of likely N-dealkylation sites (N-methyl/N-ethyl adjacent to an activating group) is 1. The largest absolute Gasteiger partial charge is 0.351 e. The lowest BCUT2D eigenvalue weighted by Gasteiger charge is -2.25. The molecule has 1 aromatic heterocycles. The molecule has 19 heavy (non-hydrogen) atoms. The van der Waals surface area contributed by atoms with Gasteiger partial charge in [0.1, 0.15) is 5.82 Å². The van der Waals surface area contributed by atoms with E-state index in [2.05, 4.69) is 29.0 Å². The summed E-state index contributed by atoms with van der Waals surface area (Å²) in [4.78, 5) is 11.4. The molecule has 1 aliphatic rings. The number of hydrogen-bond donors (Lipinski definition) is 1. The van der Waals surface area contributed by atoms with Gasteiger partial charge in [0.25, 0.3) is 0 Å². The molecule has 1 saturated heterocycles. The molecule has 4 nitrogen and oxygen atoms in total. The fourth-order valence-corrected chi connectivity index (χ4v) is 2.37. The number of anilines is 1. The van der Waals surface area contributed by atoms with Gasteiger partial charge in [-0.3, -0.25) is 4.98 Å². The van der Waals surface area contributed by atoms with E-state index < -0.39 is 0 Å². The van der Waals surface area contributed by atoms with Gasteiger partial charge < -0.3 is 10.2 Å². The van der Waals surface area contributed by atoms with Gasteiger partial charge in [0.05, 0.1) is 11.9 Å². The number of rotatable bonds is 4. The first kappa shape index (κ1) is 15.9. The lowest BCUT2D eigenvalue weighted by molar-refractivity contribution is 0.609. The van der Waals surface area contributed by atoms with E-state index in [4.69, 9.17) is 4.98 Å². The van der Waals surface area contributed by atoms with E-state index in [-0.39, 0.29) is 0 Å². The zero-order valence-electron chi connectivity index (χ0n) is 13.0.